The van der Waals surface area contributed by atoms with Gasteiger partial charge in [0.2, 0.25) is 11.2 Å². The zero-order valence-electron chi connectivity index (χ0n) is 15.3. The Hall–Kier alpha value is -3.49. The Bertz CT molecular complexity index is 1100. The summed E-state index contributed by atoms with van der Waals surface area (Å²) in [5, 5.41) is -0.100. The lowest BCUT2D eigenvalue weighted by molar-refractivity contribution is -0.154. The molecule has 0 aliphatic heterocycles. The second-order valence-corrected chi connectivity index (χ2v) is 5.80. The van der Waals surface area contributed by atoms with Crippen LogP contribution in [-0.2, 0) is 10.9 Å². The van der Waals surface area contributed by atoms with E-state index in [9.17, 15) is 22.8 Å². The van der Waals surface area contributed by atoms with E-state index in [1.807, 2.05) is 0 Å². The Morgan fingerprint density at radius 3 is 2.31 bits per heavy atom. The molecule has 0 aliphatic rings. The number of halogens is 3. The number of rotatable bonds is 5. The molecule has 152 valence electrons. The summed E-state index contributed by atoms with van der Waals surface area (Å²) >= 11 is 0. The molecule has 1 aromatic heterocycles. The summed E-state index contributed by atoms with van der Waals surface area (Å²) in [6.07, 6.45) is -4.98. The second kappa shape index (κ2) is 7.86. The third-order valence-corrected chi connectivity index (χ3v) is 3.90. The van der Waals surface area contributed by atoms with Crippen LogP contribution < -0.4 is 14.9 Å². The lowest BCUT2D eigenvalue weighted by Gasteiger charge is -2.13. The summed E-state index contributed by atoms with van der Waals surface area (Å²) in [4.78, 5) is 24.3. The highest BCUT2D eigenvalue weighted by Gasteiger charge is 2.40. The van der Waals surface area contributed by atoms with Gasteiger partial charge in [0.15, 0.2) is 0 Å². The standard InChI is InChI=1S/C20H15F3O6/c1-3-27-19(25)11-4-6-12(7-5-11)28-17-16(24)14-9-8-13(26-2)10-15(14)29-18(17)20(21,22)23/h4-10H,3H2,1-2H3. The lowest BCUT2D eigenvalue weighted by Crippen LogP contribution is -2.15. The minimum atomic E-state index is -4.98. The number of fused-ring (bicyclic) bond motifs is 1. The van der Waals surface area contributed by atoms with Gasteiger partial charge in [-0.25, -0.2) is 4.79 Å². The fourth-order valence-corrected chi connectivity index (χ4v) is 2.55. The van der Waals surface area contributed by atoms with Crippen molar-refractivity contribution in [3.05, 3.63) is 64.0 Å². The number of ether oxygens (including phenoxy) is 3. The van der Waals surface area contributed by atoms with Crippen LogP contribution in [-0.4, -0.2) is 19.7 Å². The Labute approximate surface area is 162 Å². The maximum Gasteiger partial charge on any atom is 0.453 e. The molecule has 1 heterocycles. The average Bonchev–Trinajstić information content (AvgIpc) is 2.69. The van der Waals surface area contributed by atoms with Gasteiger partial charge >= 0.3 is 12.1 Å². The number of hydrogen-bond acceptors (Lipinski definition) is 6. The number of hydrogen-bond donors (Lipinski definition) is 0. The molecule has 0 saturated carbocycles. The highest BCUT2D eigenvalue weighted by molar-refractivity contribution is 5.89. The van der Waals surface area contributed by atoms with Gasteiger partial charge in [-0.15, -0.1) is 0 Å². The smallest absolute Gasteiger partial charge is 0.453 e. The molecule has 3 rings (SSSR count). The Morgan fingerprint density at radius 2 is 1.72 bits per heavy atom. The summed E-state index contributed by atoms with van der Waals surface area (Å²) in [5.41, 5.74) is -1.09. The summed E-state index contributed by atoms with van der Waals surface area (Å²) in [7, 11) is 1.33. The molecule has 0 atom stereocenters. The summed E-state index contributed by atoms with van der Waals surface area (Å²) in [5.74, 6) is -3.01. The van der Waals surface area contributed by atoms with Gasteiger partial charge in [0, 0.05) is 6.07 Å². The van der Waals surface area contributed by atoms with Crippen LogP contribution in [0.5, 0.6) is 17.2 Å². The molecule has 0 aliphatic carbocycles. The largest absolute Gasteiger partial charge is 0.497 e. The summed E-state index contributed by atoms with van der Waals surface area (Å²) in [6.45, 7) is 1.82. The molecular weight excluding hydrogens is 393 g/mol. The minimum absolute atomic E-state index is 0.0799. The maximum atomic E-state index is 13.5. The van der Waals surface area contributed by atoms with E-state index in [4.69, 9.17) is 18.6 Å². The van der Waals surface area contributed by atoms with Gasteiger partial charge < -0.3 is 18.6 Å². The van der Waals surface area contributed by atoms with Crippen molar-refractivity contribution in [1.29, 1.82) is 0 Å². The SMILES string of the molecule is CCOC(=O)c1ccc(Oc2c(C(F)(F)F)oc3cc(OC)ccc3c2=O)cc1. The minimum Gasteiger partial charge on any atom is -0.497 e. The van der Waals surface area contributed by atoms with Crippen molar-refractivity contribution in [3.8, 4) is 17.2 Å². The monoisotopic (exact) mass is 408 g/mol. The molecule has 3 aromatic rings. The molecule has 2 aromatic carbocycles. The van der Waals surface area contributed by atoms with Crippen LogP contribution in [0.2, 0.25) is 0 Å². The first-order valence-corrected chi connectivity index (χ1v) is 8.41. The number of carbonyl (C=O) groups excluding carboxylic acids is 1. The van der Waals surface area contributed by atoms with Gasteiger partial charge in [0.25, 0.3) is 5.76 Å². The van der Waals surface area contributed by atoms with Gasteiger partial charge in [-0.1, -0.05) is 0 Å². The first kappa shape index (κ1) is 20.2. The number of carbonyl (C=O) groups is 1. The van der Waals surface area contributed by atoms with Crippen molar-refractivity contribution >= 4 is 16.9 Å². The van der Waals surface area contributed by atoms with Gasteiger partial charge in [-0.3, -0.25) is 4.79 Å². The number of alkyl halides is 3. The normalized spacial score (nSPS) is 11.3. The molecule has 0 radical (unpaired) electrons. The Morgan fingerprint density at radius 1 is 1.07 bits per heavy atom. The van der Waals surface area contributed by atoms with Gasteiger partial charge in [0.1, 0.15) is 17.1 Å². The zero-order valence-corrected chi connectivity index (χ0v) is 15.3. The molecule has 0 saturated heterocycles. The van der Waals surface area contributed by atoms with Crippen LogP contribution >= 0.6 is 0 Å². The lowest BCUT2D eigenvalue weighted by atomic mass is 10.2. The molecule has 0 N–H and O–H groups in total. The summed E-state index contributed by atoms with van der Waals surface area (Å²) in [6, 6.07) is 9.03. The molecule has 0 spiro atoms. The molecular formula is C20H15F3O6. The molecule has 0 unspecified atom stereocenters. The third kappa shape index (κ3) is 4.18. The quantitative estimate of drug-likeness (QED) is 0.565. The Balaban J connectivity index is 2.07. The Kier molecular flexibility index (Phi) is 5.49. The van der Waals surface area contributed by atoms with E-state index in [0.29, 0.717) is 0 Å². The van der Waals surface area contributed by atoms with E-state index in [0.717, 1.165) is 0 Å². The van der Waals surface area contributed by atoms with Crippen LogP contribution in [0.3, 0.4) is 0 Å². The van der Waals surface area contributed by atoms with Crippen LogP contribution in [0.15, 0.2) is 51.7 Å². The third-order valence-electron chi connectivity index (χ3n) is 3.90. The van der Waals surface area contributed by atoms with Crippen molar-refractivity contribution in [2.45, 2.75) is 13.1 Å². The number of methoxy groups -OCH3 is 1. The predicted molar refractivity (Wildman–Crippen MR) is 96.5 cm³/mol. The molecule has 29 heavy (non-hydrogen) atoms. The molecule has 9 heteroatoms. The first-order valence-electron chi connectivity index (χ1n) is 8.41. The summed E-state index contributed by atoms with van der Waals surface area (Å²) < 4.78 is 60.4. The highest BCUT2D eigenvalue weighted by atomic mass is 19.4. The molecule has 0 bridgehead atoms. The van der Waals surface area contributed by atoms with E-state index in [1.54, 1.807) is 6.92 Å². The maximum absolute atomic E-state index is 13.5. The fraction of sp³-hybridized carbons (Fsp3) is 0.200. The van der Waals surface area contributed by atoms with Crippen LogP contribution in [0, 0.1) is 0 Å². The van der Waals surface area contributed by atoms with Crippen molar-refractivity contribution in [2.75, 3.05) is 13.7 Å². The van der Waals surface area contributed by atoms with Crippen molar-refractivity contribution in [1.82, 2.24) is 0 Å². The van der Waals surface area contributed by atoms with Crippen molar-refractivity contribution < 1.29 is 36.6 Å². The predicted octanol–water partition coefficient (Wildman–Crippen LogP) is 4.79. The van der Waals surface area contributed by atoms with E-state index in [2.05, 4.69) is 0 Å². The van der Waals surface area contributed by atoms with Crippen molar-refractivity contribution in [3.63, 3.8) is 0 Å². The number of esters is 1. The van der Waals surface area contributed by atoms with Gasteiger partial charge in [0.05, 0.1) is 24.7 Å². The van der Waals surface area contributed by atoms with Gasteiger partial charge in [-0.05, 0) is 43.3 Å². The van der Waals surface area contributed by atoms with E-state index < -0.39 is 29.1 Å². The topological polar surface area (TPSA) is 75.0 Å². The van der Waals surface area contributed by atoms with E-state index in [1.165, 1.54) is 49.6 Å². The van der Waals surface area contributed by atoms with Crippen LogP contribution in [0.4, 0.5) is 13.2 Å². The van der Waals surface area contributed by atoms with Crippen LogP contribution in [0.1, 0.15) is 23.0 Å². The second-order valence-electron chi connectivity index (χ2n) is 5.80. The van der Waals surface area contributed by atoms with Gasteiger partial charge in [-0.2, -0.15) is 13.2 Å². The van der Waals surface area contributed by atoms with Crippen LogP contribution in [0.25, 0.3) is 11.0 Å². The molecule has 6 nitrogen and oxygen atoms in total. The first-order chi connectivity index (χ1) is 13.7. The molecule has 0 amide bonds. The number of benzene rings is 2. The zero-order chi connectivity index (χ0) is 21.2. The average molecular weight is 408 g/mol. The molecule has 0 fully saturated rings. The van der Waals surface area contributed by atoms with E-state index in [-0.39, 0.29) is 34.6 Å². The van der Waals surface area contributed by atoms with E-state index >= 15 is 0 Å². The highest BCUT2D eigenvalue weighted by Crippen LogP contribution is 2.38. The van der Waals surface area contributed by atoms with Crippen molar-refractivity contribution in [2.24, 2.45) is 0 Å². The fourth-order valence-electron chi connectivity index (χ4n) is 2.55.